The van der Waals surface area contributed by atoms with Crippen LogP contribution >= 0.6 is 22.9 Å². The van der Waals surface area contributed by atoms with Crippen LogP contribution in [-0.4, -0.2) is 9.97 Å². The van der Waals surface area contributed by atoms with Crippen molar-refractivity contribution >= 4 is 28.8 Å². The maximum Gasteiger partial charge on any atom is 0.171 e. The predicted molar refractivity (Wildman–Crippen MR) is 79.4 cm³/mol. The Kier molecular flexibility index (Phi) is 3.68. The Morgan fingerprint density at radius 3 is 2.68 bits per heavy atom. The fraction of sp³-hybridized carbons (Fsp3) is 0.385. The number of anilines is 1. The van der Waals surface area contributed by atoms with Gasteiger partial charge in [0, 0.05) is 23.1 Å². The zero-order valence-electron chi connectivity index (χ0n) is 10.4. The number of nitrogens with zero attached hydrogens (tertiary/aromatic N) is 2. The number of hydrogen-bond donors (Lipinski definition) is 2. The van der Waals surface area contributed by atoms with Crippen molar-refractivity contribution in [3.05, 3.63) is 28.2 Å². The van der Waals surface area contributed by atoms with E-state index < -0.39 is 0 Å². The highest BCUT2D eigenvalue weighted by molar-refractivity contribution is 7.14. The fourth-order valence-electron chi connectivity index (χ4n) is 2.51. The summed E-state index contributed by atoms with van der Waals surface area (Å²) < 4.78 is 0. The summed E-state index contributed by atoms with van der Waals surface area (Å²) in [6.07, 6.45) is 4.96. The lowest BCUT2D eigenvalue weighted by atomic mass is 10.0. The molecule has 6 heteroatoms. The van der Waals surface area contributed by atoms with Crippen LogP contribution in [0.25, 0.3) is 10.7 Å². The largest absolute Gasteiger partial charge is 0.308 e. The normalized spacial score (nSPS) is 15.9. The highest BCUT2D eigenvalue weighted by Crippen LogP contribution is 2.35. The first-order valence-corrected chi connectivity index (χ1v) is 7.62. The fourth-order valence-corrected chi connectivity index (χ4v) is 3.52. The van der Waals surface area contributed by atoms with Gasteiger partial charge >= 0.3 is 0 Å². The third-order valence-electron chi connectivity index (χ3n) is 3.46. The molecule has 2 heterocycles. The molecule has 100 valence electrons. The number of nitrogen functional groups attached to an aromatic ring is 1. The predicted octanol–water partition coefficient (Wildman–Crippen LogP) is 3.80. The minimum atomic E-state index is 0.532. The van der Waals surface area contributed by atoms with Crippen LogP contribution < -0.4 is 11.3 Å². The van der Waals surface area contributed by atoms with Gasteiger partial charge in [0.15, 0.2) is 5.82 Å². The Balaban J connectivity index is 2.01. The number of aromatic nitrogens is 2. The molecular formula is C13H15ClN4S. The van der Waals surface area contributed by atoms with E-state index in [1.807, 2.05) is 17.5 Å². The van der Waals surface area contributed by atoms with E-state index in [4.69, 9.17) is 22.4 Å². The van der Waals surface area contributed by atoms with Gasteiger partial charge in [0.05, 0.1) is 9.90 Å². The van der Waals surface area contributed by atoms with Gasteiger partial charge in [0.1, 0.15) is 5.82 Å². The van der Waals surface area contributed by atoms with E-state index in [2.05, 4.69) is 10.4 Å². The summed E-state index contributed by atoms with van der Waals surface area (Å²) in [5.74, 6) is 7.40. The Bertz CT molecular complexity index is 578. The number of thiophene rings is 1. The second-order valence-corrected chi connectivity index (χ2v) is 6.10. The summed E-state index contributed by atoms with van der Waals surface area (Å²) >= 11 is 7.51. The van der Waals surface area contributed by atoms with Gasteiger partial charge in [-0.05, 0) is 18.9 Å². The molecule has 1 aliphatic rings. The molecular weight excluding hydrogens is 280 g/mol. The SMILES string of the molecule is NNc1cc(C2CCCC2)nc(-c2cc(Cl)cs2)n1. The summed E-state index contributed by atoms with van der Waals surface area (Å²) in [6.45, 7) is 0. The van der Waals surface area contributed by atoms with Crippen LogP contribution in [0.4, 0.5) is 5.82 Å². The molecule has 0 unspecified atom stereocenters. The third-order valence-corrected chi connectivity index (χ3v) is 4.73. The first kappa shape index (κ1) is 12.8. The van der Waals surface area contributed by atoms with E-state index in [9.17, 15) is 0 Å². The van der Waals surface area contributed by atoms with Gasteiger partial charge in [-0.2, -0.15) is 0 Å². The number of nitrogens with two attached hydrogens (primary N) is 1. The lowest BCUT2D eigenvalue weighted by Gasteiger charge is -2.11. The highest BCUT2D eigenvalue weighted by Gasteiger charge is 2.20. The molecule has 0 bridgehead atoms. The van der Waals surface area contributed by atoms with Gasteiger partial charge < -0.3 is 5.43 Å². The van der Waals surface area contributed by atoms with E-state index in [0.29, 0.717) is 17.6 Å². The van der Waals surface area contributed by atoms with Crippen molar-refractivity contribution in [2.24, 2.45) is 5.84 Å². The van der Waals surface area contributed by atoms with Crippen LogP contribution in [0.15, 0.2) is 17.5 Å². The number of hydrazine groups is 1. The molecule has 0 aromatic carbocycles. The first-order chi connectivity index (χ1) is 9.26. The molecule has 0 saturated heterocycles. The average molecular weight is 295 g/mol. The standard InChI is InChI=1S/C13H15ClN4S/c14-9-5-11(19-7-9)13-16-10(6-12(17-13)18-15)8-3-1-2-4-8/h5-8H,1-4,15H2,(H,16,17,18). The number of hydrogen-bond acceptors (Lipinski definition) is 5. The second-order valence-electron chi connectivity index (χ2n) is 4.76. The molecule has 0 amide bonds. The summed E-state index contributed by atoms with van der Waals surface area (Å²) in [7, 11) is 0. The minimum absolute atomic E-state index is 0.532. The van der Waals surface area contributed by atoms with Gasteiger partial charge in [0.2, 0.25) is 0 Å². The van der Waals surface area contributed by atoms with Crippen LogP contribution in [0.3, 0.4) is 0 Å². The van der Waals surface area contributed by atoms with Crippen molar-refractivity contribution in [3.63, 3.8) is 0 Å². The average Bonchev–Trinajstić information content (AvgIpc) is 3.09. The number of rotatable bonds is 3. The van der Waals surface area contributed by atoms with Gasteiger partial charge in [-0.3, -0.25) is 0 Å². The summed E-state index contributed by atoms with van der Waals surface area (Å²) in [5, 5.41) is 2.61. The quantitative estimate of drug-likeness (QED) is 0.667. The van der Waals surface area contributed by atoms with Crippen LogP contribution in [-0.2, 0) is 0 Å². The second kappa shape index (κ2) is 5.45. The molecule has 3 rings (SSSR count). The molecule has 1 saturated carbocycles. The van der Waals surface area contributed by atoms with Crippen molar-refractivity contribution in [2.75, 3.05) is 5.43 Å². The zero-order valence-corrected chi connectivity index (χ0v) is 12.0. The number of halogens is 1. The molecule has 3 N–H and O–H groups in total. The Labute approximate surface area is 121 Å². The van der Waals surface area contributed by atoms with Crippen molar-refractivity contribution < 1.29 is 0 Å². The lowest BCUT2D eigenvalue weighted by molar-refractivity contribution is 0.696. The molecule has 0 atom stereocenters. The van der Waals surface area contributed by atoms with Crippen LogP contribution in [0.2, 0.25) is 5.02 Å². The Morgan fingerprint density at radius 1 is 1.26 bits per heavy atom. The summed E-state index contributed by atoms with van der Waals surface area (Å²) in [5.41, 5.74) is 3.71. The summed E-state index contributed by atoms with van der Waals surface area (Å²) in [4.78, 5) is 10.1. The molecule has 0 radical (unpaired) electrons. The highest BCUT2D eigenvalue weighted by atomic mass is 35.5. The first-order valence-electron chi connectivity index (χ1n) is 6.36. The van der Waals surface area contributed by atoms with Crippen LogP contribution in [0.5, 0.6) is 0 Å². The third kappa shape index (κ3) is 2.73. The Morgan fingerprint density at radius 2 is 2.05 bits per heavy atom. The maximum absolute atomic E-state index is 5.97. The minimum Gasteiger partial charge on any atom is -0.308 e. The topological polar surface area (TPSA) is 63.8 Å². The molecule has 2 aromatic heterocycles. The van der Waals surface area contributed by atoms with E-state index >= 15 is 0 Å². The van der Waals surface area contributed by atoms with Crippen molar-refractivity contribution in [1.29, 1.82) is 0 Å². The van der Waals surface area contributed by atoms with Gasteiger partial charge in [-0.15, -0.1) is 11.3 Å². The Hall–Kier alpha value is -1.17. The lowest BCUT2D eigenvalue weighted by Crippen LogP contribution is -2.11. The van der Waals surface area contributed by atoms with Gasteiger partial charge in [-0.1, -0.05) is 24.4 Å². The number of nitrogens with one attached hydrogen (secondary N) is 1. The smallest absolute Gasteiger partial charge is 0.171 e. The molecule has 1 fully saturated rings. The van der Waals surface area contributed by atoms with Gasteiger partial charge in [-0.25, -0.2) is 15.8 Å². The molecule has 4 nitrogen and oxygen atoms in total. The van der Waals surface area contributed by atoms with Gasteiger partial charge in [0.25, 0.3) is 0 Å². The van der Waals surface area contributed by atoms with E-state index in [1.165, 1.54) is 25.7 Å². The maximum atomic E-state index is 5.97. The molecule has 2 aromatic rings. The van der Waals surface area contributed by atoms with E-state index in [1.54, 1.807) is 11.3 Å². The molecule has 0 aliphatic heterocycles. The monoisotopic (exact) mass is 294 g/mol. The molecule has 19 heavy (non-hydrogen) atoms. The van der Waals surface area contributed by atoms with Crippen molar-refractivity contribution in [2.45, 2.75) is 31.6 Å². The molecule has 1 aliphatic carbocycles. The van der Waals surface area contributed by atoms with Crippen LogP contribution in [0.1, 0.15) is 37.3 Å². The van der Waals surface area contributed by atoms with Crippen molar-refractivity contribution in [1.82, 2.24) is 9.97 Å². The van der Waals surface area contributed by atoms with E-state index in [-0.39, 0.29) is 0 Å². The summed E-state index contributed by atoms with van der Waals surface area (Å²) in [6, 6.07) is 3.84. The molecule has 0 spiro atoms. The zero-order chi connectivity index (χ0) is 13.2. The van der Waals surface area contributed by atoms with Crippen LogP contribution in [0, 0.1) is 0 Å². The van der Waals surface area contributed by atoms with Crippen molar-refractivity contribution in [3.8, 4) is 10.7 Å². The van der Waals surface area contributed by atoms with E-state index in [0.717, 1.165) is 15.6 Å².